The Labute approximate surface area is 123 Å². The predicted octanol–water partition coefficient (Wildman–Crippen LogP) is 0.776. The number of piperidine rings is 1. The number of aromatic nitrogens is 4. The van der Waals surface area contributed by atoms with Crippen LogP contribution in [-0.4, -0.2) is 45.3 Å². The molecule has 2 N–H and O–H groups in total. The standard InChI is InChI=1S/C14H22N6O/c1-2-6-15-9-11-5-3-4-7-19(11)12-8-13-17-18-14(21)20(13)10-16-12/h8,10-11,15H,2-7,9H2,1H3,(H,18,21). The molecular formula is C14H22N6O. The van der Waals surface area contributed by atoms with Crippen molar-refractivity contribution in [2.75, 3.05) is 24.5 Å². The summed E-state index contributed by atoms with van der Waals surface area (Å²) >= 11 is 0. The van der Waals surface area contributed by atoms with Crippen molar-refractivity contribution < 1.29 is 0 Å². The first-order chi connectivity index (χ1) is 10.3. The molecule has 0 aliphatic carbocycles. The Morgan fingerprint density at radius 2 is 2.38 bits per heavy atom. The molecule has 0 radical (unpaired) electrons. The van der Waals surface area contributed by atoms with Gasteiger partial charge in [-0.05, 0) is 32.2 Å². The second kappa shape index (κ2) is 6.26. The van der Waals surface area contributed by atoms with Gasteiger partial charge in [0.05, 0.1) is 0 Å². The Morgan fingerprint density at radius 3 is 3.24 bits per heavy atom. The summed E-state index contributed by atoms with van der Waals surface area (Å²) in [6, 6.07) is 2.35. The summed E-state index contributed by atoms with van der Waals surface area (Å²) in [6.45, 7) is 5.21. The molecule has 3 heterocycles. The lowest BCUT2D eigenvalue weighted by atomic mass is 10.0. The van der Waals surface area contributed by atoms with Gasteiger partial charge in [0.2, 0.25) is 0 Å². The van der Waals surface area contributed by atoms with Crippen LogP contribution in [0.25, 0.3) is 5.65 Å². The Hall–Kier alpha value is -1.89. The van der Waals surface area contributed by atoms with Crippen molar-refractivity contribution in [3.63, 3.8) is 0 Å². The second-order valence-corrected chi connectivity index (χ2v) is 5.55. The first-order valence-corrected chi connectivity index (χ1v) is 7.69. The summed E-state index contributed by atoms with van der Waals surface area (Å²) in [7, 11) is 0. The number of anilines is 1. The third-order valence-corrected chi connectivity index (χ3v) is 4.02. The van der Waals surface area contributed by atoms with E-state index in [2.05, 4.69) is 32.3 Å². The molecule has 1 aliphatic heterocycles. The maximum absolute atomic E-state index is 11.5. The smallest absolute Gasteiger partial charge is 0.348 e. The van der Waals surface area contributed by atoms with Crippen molar-refractivity contribution in [1.29, 1.82) is 0 Å². The van der Waals surface area contributed by atoms with Gasteiger partial charge >= 0.3 is 5.69 Å². The molecular weight excluding hydrogens is 268 g/mol. The summed E-state index contributed by atoms with van der Waals surface area (Å²) < 4.78 is 1.43. The normalized spacial score (nSPS) is 19.3. The minimum Gasteiger partial charge on any atom is -0.352 e. The van der Waals surface area contributed by atoms with Crippen LogP contribution in [0.4, 0.5) is 5.82 Å². The van der Waals surface area contributed by atoms with Gasteiger partial charge in [-0.1, -0.05) is 6.92 Å². The average molecular weight is 290 g/mol. The van der Waals surface area contributed by atoms with Gasteiger partial charge in [0.1, 0.15) is 12.1 Å². The van der Waals surface area contributed by atoms with Gasteiger partial charge in [-0.25, -0.2) is 19.3 Å². The van der Waals surface area contributed by atoms with E-state index in [0.29, 0.717) is 11.7 Å². The Bertz CT molecular complexity index is 648. The zero-order valence-corrected chi connectivity index (χ0v) is 12.4. The number of hydrogen-bond acceptors (Lipinski definition) is 5. The van der Waals surface area contributed by atoms with E-state index in [1.54, 1.807) is 6.33 Å². The summed E-state index contributed by atoms with van der Waals surface area (Å²) in [5.74, 6) is 0.907. The van der Waals surface area contributed by atoms with Gasteiger partial charge < -0.3 is 10.2 Å². The molecule has 21 heavy (non-hydrogen) atoms. The number of aromatic amines is 1. The van der Waals surface area contributed by atoms with Crippen molar-refractivity contribution in [2.45, 2.75) is 38.6 Å². The molecule has 2 aromatic heterocycles. The number of fused-ring (bicyclic) bond motifs is 1. The highest BCUT2D eigenvalue weighted by Crippen LogP contribution is 2.23. The minimum absolute atomic E-state index is 0.246. The highest BCUT2D eigenvalue weighted by molar-refractivity contribution is 5.51. The van der Waals surface area contributed by atoms with Crippen LogP contribution < -0.4 is 15.9 Å². The van der Waals surface area contributed by atoms with E-state index in [1.165, 1.54) is 23.7 Å². The fourth-order valence-electron chi connectivity index (χ4n) is 2.92. The molecule has 1 fully saturated rings. The van der Waals surface area contributed by atoms with Crippen LogP contribution in [0.15, 0.2) is 17.2 Å². The van der Waals surface area contributed by atoms with E-state index in [9.17, 15) is 4.79 Å². The number of hydrogen-bond donors (Lipinski definition) is 2. The van der Waals surface area contributed by atoms with Crippen LogP contribution in [0.5, 0.6) is 0 Å². The van der Waals surface area contributed by atoms with Gasteiger partial charge in [-0.2, -0.15) is 5.10 Å². The summed E-state index contributed by atoms with van der Waals surface area (Å²) in [6.07, 6.45) is 6.33. The molecule has 1 aliphatic rings. The summed E-state index contributed by atoms with van der Waals surface area (Å²) in [4.78, 5) is 18.3. The molecule has 3 rings (SSSR count). The van der Waals surface area contributed by atoms with E-state index < -0.39 is 0 Å². The third-order valence-electron chi connectivity index (χ3n) is 4.02. The molecule has 0 saturated carbocycles. The van der Waals surface area contributed by atoms with Crippen molar-refractivity contribution in [3.8, 4) is 0 Å². The lowest BCUT2D eigenvalue weighted by Gasteiger charge is -2.36. The Balaban J connectivity index is 1.81. The minimum atomic E-state index is -0.246. The van der Waals surface area contributed by atoms with Crippen LogP contribution in [-0.2, 0) is 0 Å². The van der Waals surface area contributed by atoms with Crippen LogP contribution >= 0.6 is 0 Å². The molecule has 0 bridgehead atoms. The maximum atomic E-state index is 11.5. The monoisotopic (exact) mass is 290 g/mol. The Kier molecular flexibility index (Phi) is 4.19. The van der Waals surface area contributed by atoms with Crippen LogP contribution in [0, 0.1) is 0 Å². The zero-order valence-electron chi connectivity index (χ0n) is 12.4. The topological polar surface area (TPSA) is 78.3 Å². The van der Waals surface area contributed by atoms with E-state index in [-0.39, 0.29) is 5.69 Å². The van der Waals surface area contributed by atoms with Crippen molar-refractivity contribution in [2.24, 2.45) is 0 Å². The second-order valence-electron chi connectivity index (χ2n) is 5.55. The third kappa shape index (κ3) is 2.92. The van der Waals surface area contributed by atoms with Gasteiger partial charge in [0.15, 0.2) is 5.65 Å². The Morgan fingerprint density at radius 1 is 1.48 bits per heavy atom. The fraction of sp³-hybridized carbons (Fsp3) is 0.643. The van der Waals surface area contributed by atoms with E-state index in [0.717, 1.165) is 31.9 Å². The first kappa shape index (κ1) is 14.1. The summed E-state index contributed by atoms with van der Waals surface area (Å²) in [5.41, 5.74) is 0.375. The molecule has 0 amide bonds. The molecule has 2 aromatic rings. The molecule has 7 heteroatoms. The fourth-order valence-corrected chi connectivity index (χ4v) is 2.92. The van der Waals surface area contributed by atoms with Gasteiger partial charge in [-0.3, -0.25) is 0 Å². The number of nitrogens with one attached hydrogen (secondary N) is 2. The summed E-state index contributed by atoms with van der Waals surface area (Å²) in [5, 5.41) is 9.96. The quantitative estimate of drug-likeness (QED) is 0.796. The maximum Gasteiger partial charge on any atom is 0.348 e. The van der Waals surface area contributed by atoms with Gasteiger partial charge in [-0.15, -0.1) is 0 Å². The average Bonchev–Trinajstić information content (AvgIpc) is 2.89. The number of nitrogens with zero attached hydrogens (tertiary/aromatic N) is 4. The molecule has 1 unspecified atom stereocenters. The van der Waals surface area contributed by atoms with Crippen molar-refractivity contribution in [3.05, 3.63) is 22.9 Å². The lowest BCUT2D eigenvalue weighted by Crippen LogP contribution is -2.46. The molecule has 1 atom stereocenters. The van der Waals surface area contributed by atoms with E-state index >= 15 is 0 Å². The molecule has 0 spiro atoms. The molecule has 114 valence electrons. The first-order valence-electron chi connectivity index (χ1n) is 7.69. The number of rotatable bonds is 5. The van der Waals surface area contributed by atoms with E-state index in [1.807, 2.05) is 6.07 Å². The van der Waals surface area contributed by atoms with Crippen molar-refractivity contribution in [1.82, 2.24) is 24.9 Å². The molecule has 7 nitrogen and oxygen atoms in total. The van der Waals surface area contributed by atoms with Crippen LogP contribution in [0.1, 0.15) is 32.6 Å². The van der Waals surface area contributed by atoms with Crippen molar-refractivity contribution >= 4 is 11.5 Å². The molecule has 1 saturated heterocycles. The SMILES string of the molecule is CCCNCC1CCCCN1c1cc2n[nH]c(=O)n2cn1. The van der Waals surface area contributed by atoms with Crippen LogP contribution in [0.3, 0.4) is 0 Å². The van der Waals surface area contributed by atoms with Gasteiger partial charge in [0.25, 0.3) is 0 Å². The highest BCUT2D eigenvalue weighted by Gasteiger charge is 2.23. The van der Waals surface area contributed by atoms with Crippen LogP contribution in [0.2, 0.25) is 0 Å². The highest BCUT2D eigenvalue weighted by atomic mass is 16.1. The van der Waals surface area contributed by atoms with Gasteiger partial charge in [0, 0.05) is 25.2 Å². The zero-order chi connectivity index (χ0) is 14.7. The predicted molar refractivity (Wildman–Crippen MR) is 81.8 cm³/mol. The largest absolute Gasteiger partial charge is 0.352 e. The lowest BCUT2D eigenvalue weighted by molar-refractivity contribution is 0.433. The van der Waals surface area contributed by atoms with E-state index in [4.69, 9.17) is 0 Å². The molecule has 0 aromatic carbocycles. The number of H-pyrrole nitrogens is 1.